The molecule has 2 heterocycles. The number of rotatable bonds is 3. The second-order valence-corrected chi connectivity index (χ2v) is 9.39. The average Bonchev–Trinajstić information content (AvgIpc) is 2.90. The summed E-state index contributed by atoms with van der Waals surface area (Å²) in [5.74, 6) is 0.704. The summed E-state index contributed by atoms with van der Waals surface area (Å²) in [6.07, 6.45) is 5.33. The van der Waals surface area contributed by atoms with E-state index in [0.29, 0.717) is 5.82 Å². The molecule has 0 fully saturated rings. The molecule has 0 aliphatic heterocycles. The van der Waals surface area contributed by atoms with Crippen LogP contribution < -0.4 is 0 Å². The zero-order valence-electron chi connectivity index (χ0n) is 21.0. The van der Waals surface area contributed by atoms with Crippen LogP contribution in [0.3, 0.4) is 0 Å². The van der Waals surface area contributed by atoms with Gasteiger partial charge in [0.25, 0.3) is 0 Å². The second-order valence-electron chi connectivity index (χ2n) is 9.39. The molecule has 183 valence electrons. The number of hydrogen-bond acceptors (Lipinski definition) is 3. The van der Waals surface area contributed by atoms with Crippen LogP contribution in [0.4, 0.5) is 0 Å². The Morgan fingerprint density at radius 1 is 0.667 bits per heavy atom. The van der Waals surface area contributed by atoms with Gasteiger partial charge in [-0.25, -0.2) is 0 Å². The topological polar surface area (TPSA) is 38.7 Å². The fourth-order valence-corrected chi connectivity index (χ4v) is 3.58. The van der Waals surface area contributed by atoms with Gasteiger partial charge < -0.3 is 4.98 Å². The number of pyridine rings is 1. The van der Waals surface area contributed by atoms with E-state index in [9.17, 15) is 0 Å². The van der Waals surface area contributed by atoms with E-state index in [1.165, 1.54) is 16.7 Å². The van der Waals surface area contributed by atoms with Gasteiger partial charge in [-0.3, -0.25) is 9.97 Å². The van der Waals surface area contributed by atoms with E-state index in [1.807, 2.05) is 48.7 Å². The van der Waals surface area contributed by atoms with E-state index in [2.05, 4.69) is 97.2 Å². The van der Waals surface area contributed by atoms with E-state index in [1.54, 1.807) is 12.4 Å². The van der Waals surface area contributed by atoms with Crippen molar-refractivity contribution in [1.29, 1.82) is 0 Å². The summed E-state index contributed by atoms with van der Waals surface area (Å²) in [5, 5.41) is 0. The zero-order valence-corrected chi connectivity index (χ0v) is 23.4. The Morgan fingerprint density at radius 3 is 2.06 bits per heavy atom. The van der Waals surface area contributed by atoms with E-state index in [-0.39, 0.29) is 25.5 Å². The van der Waals surface area contributed by atoms with E-state index in [0.717, 1.165) is 22.4 Å². The van der Waals surface area contributed by atoms with Crippen LogP contribution in [0, 0.1) is 19.1 Å². The van der Waals surface area contributed by atoms with Crippen molar-refractivity contribution in [3.8, 4) is 33.8 Å². The van der Waals surface area contributed by atoms with Crippen LogP contribution in [0.2, 0.25) is 0 Å². The van der Waals surface area contributed by atoms with Crippen LogP contribution in [-0.4, -0.2) is 15.0 Å². The molecule has 3 aromatic carbocycles. The molecule has 0 saturated heterocycles. The van der Waals surface area contributed by atoms with Crippen molar-refractivity contribution in [2.24, 2.45) is 0 Å². The second kappa shape index (κ2) is 12.5. The molecule has 1 radical (unpaired) electrons. The zero-order chi connectivity index (χ0) is 24.7. The Hall–Kier alpha value is -3.46. The summed E-state index contributed by atoms with van der Waals surface area (Å²) >= 11 is 0. The Morgan fingerprint density at radius 2 is 1.42 bits per heavy atom. The summed E-state index contributed by atoms with van der Waals surface area (Å²) in [4.78, 5) is 12.9. The fourth-order valence-electron chi connectivity index (χ4n) is 3.58. The Bertz CT molecular complexity index is 1310. The van der Waals surface area contributed by atoms with Crippen molar-refractivity contribution >= 4 is 0 Å². The first-order chi connectivity index (χ1) is 16.9. The third kappa shape index (κ3) is 7.27. The van der Waals surface area contributed by atoms with Gasteiger partial charge in [-0.1, -0.05) is 62.7 Å². The molecule has 5 aromatic rings. The Kier molecular flexibility index (Phi) is 9.41. The maximum Gasteiger partial charge on any atom is 0.0748 e. The summed E-state index contributed by atoms with van der Waals surface area (Å²) < 4.78 is 0. The van der Waals surface area contributed by atoms with Gasteiger partial charge in [0, 0.05) is 38.7 Å². The molecule has 0 aliphatic carbocycles. The van der Waals surface area contributed by atoms with Crippen LogP contribution >= 0.6 is 0 Å². The molecule has 0 unspecified atom stereocenters. The van der Waals surface area contributed by atoms with Gasteiger partial charge in [0.1, 0.15) is 0 Å². The van der Waals surface area contributed by atoms with E-state index in [4.69, 9.17) is 0 Å². The molecule has 3 nitrogen and oxygen atoms in total. The van der Waals surface area contributed by atoms with Gasteiger partial charge in [-0.05, 0) is 35.7 Å². The molecule has 4 heteroatoms. The molecule has 36 heavy (non-hydrogen) atoms. The van der Waals surface area contributed by atoms with Crippen molar-refractivity contribution in [3.05, 3.63) is 127 Å². The monoisotopic (exact) mass is 648 g/mol. The van der Waals surface area contributed by atoms with Gasteiger partial charge in [0.2, 0.25) is 0 Å². The maximum atomic E-state index is 4.37. The minimum absolute atomic E-state index is 0. The largest absolute Gasteiger partial charge is 0.305 e. The van der Waals surface area contributed by atoms with Gasteiger partial charge >= 0.3 is 0 Å². The standard InChI is InChI=1S/C16H11N2.C16H18N.Ir/c1-2-6-13(7-3-1)14-8-4-9-15(12-14)16-17-10-5-11-18-16;1-12-9-10-17-15(11-12)13-5-7-14(8-6-13)16(2,3)4;/h1-8,10-12H;5,7-11H,1-4H3;/q2*-1;. The average molecular weight is 648 g/mol. The van der Waals surface area contributed by atoms with Crippen LogP contribution in [-0.2, 0) is 25.5 Å². The summed E-state index contributed by atoms with van der Waals surface area (Å²) in [6.45, 7) is 8.71. The SMILES string of the molecule is Cc1ccnc(-c2[c-]cc(C(C)(C)C)cc2)c1.[Ir].[c-]1ccc(-c2ccccc2)cc1-c1ncccn1. The number of hydrogen-bond donors (Lipinski definition) is 0. The molecule has 0 bridgehead atoms. The predicted molar refractivity (Wildman–Crippen MR) is 144 cm³/mol. The molecular weight excluding hydrogens is 619 g/mol. The van der Waals surface area contributed by atoms with Crippen LogP contribution in [0.25, 0.3) is 33.8 Å². The molecule has 2 aromatic heterocycles. The van der Waals surface area contributed by atoms with Gasteiger partial charge in [-0.15, -0.1) is 70.8 Å². The molecule has 0 amide bonds. The molecule has 0 aliphatic rings. The summed E-state index contributed by atoms with van der Waals surface area (Å²) in [5.41, 5.74) is 8.00. The number of nitrogens with zero attached hydrogens (tertiary/aromatic N) is 3. The van der Waals surface area contributed by atoms with Gasteiger partial charge in [-0.2, -0.15) is 0 Å². The van der Waals surface area contributed by atoms with Gasteiger partial charge in [0.15, 0.2) is 0 Å². The molecule has 0 spiro atoms. The Labute approximate surface area is 228 Å². The van der Waals surface area contributed by atoms with E-state index >= 15 is 0 Å². The van der Waals surface area contributed by atoms with Crippen molar-refractivity contribution in [2.75, 3.05) is 0 Å². The van der Waals surface area contributed by atoms with E-state index < -0.39 is 0 Å². The first kappa shape index (κ1) is 27.1. The first-order valence-electron chi connectivity index (χ1n) is 11.7. The quantitative estimate of drug-likeness (QED) is 0.188. The Balaban J connectivity index is 0.000000196. The summed E-state index contributed by atoms with van der Waals surface area (Å²) in [6, 6.07) is 35.0. The summed E-state index contributed by atoms with van der Waals surface area (Å²) in [7, 11) is 0. The van der Waals surface area contributed by atoms with Crippen molar-refractivity contribution in [3.63, 3.8) is 0 Å². The minimum atomic E-state index is 0. The molecule has 5 rings (SSSR count). The molecule has 0 N–H and O–H groups in total. The third-order valence-electron chi connectivity index (χ3n) is 5.59. The fraction of sp³-hybridized carbons (Fsp3) is 0.156. The molecule has 0 saturated carbocycles. The smallest absolute Gasteiger partial charge is 0.0748 e. The number of aromatic nitrogens is 3. The van der Waals surface area contributed by atoms with Crippen LogP contribution in [0.1, 0.15) is 31.9 Å². The van der Waals surface area contributed by atoms with Crippen molar-refractivity contribution in [2.45, 2.75) is 33.1 Å². The number of benzene rings is 3. The van der Waals surface area contributed by atoms with Crippen LogP contribution in [0.15, 0.2) is 104 Å². The van der Waals surface area contributed by atoms with Crippen LogP contribution in [0.5, 0.6) is 0 Å². The van der Waals surface area contributed by atoms with Crippen molar-refractivity contribution < 1.29 is 20.1 Å². The normalized spacial score (nSPS) is 10.6. The van der Waals surface area contributed by atoms with Crippen molar-refractivity contribution in [1.82, 2.24) is 15.0 Å². The number of aryl methyl sites for hydroxylation is 1. The third-order valence-corrected chi connectivity index (χ3v) is 5.59. The predicted octanol–water partition coefficient (Wildman–Crippen LogP) is 7.76. The molecule has 0 atom stereocenters. The minimum Gasteiger partial charge on any atom is -0.305 e. The first-order valence-corrected chi connectivity index (χ1v) is 11.7. The molecular formula is C32H29IrN3-2. The van der Waals surface area contributed by atoms with Gasteiger partial charge in [0.05, 0.1) is 5.82 Å². The maximum absolute atomic E-state index is 4.37.